The van der Waals surface area contributed by atoms with E-state index in [1.165, 1.54) is 31.4 Å². The molecule has 0 saturated carbocycles. The minimum atomic E-state index is -1.22. The molecule has 1 aromatic rings. The Balaban J connectivity index is 2.22. The first-order chi connectivity index (χ1) is 13.3. The van der Waals surface area contributed by atoms with Gasteiger partial charge in [-0.1, -0.05) is 24.1 Å². The molecule has 1 aliphatic rings. The summed E-state index contributed by atoms with van der Waals surface area (Å²) < 4.78 is 19.5. The lowest BCUT2D eigenvalue weighted by molar-refractivity contribution is -0.132. The molecular weight excluding hydrogens is 361 g/mol. The number of hydrogen-bond acceptors (Lipinski definition) is 4. The van der Waals surface area contributed by atoms with Crippen LogP contribution >= 0.6 is 0 Å². The molecule has 146 valence electrons. The number of amides is 2. The fraction of sp³-hybridized carbons (Fsp3) is 0.318. The average Bonchev–Trinajstić information content (AvgIpc) is 2.67. The molecular formula is C22H22FNO4. The predicted octanol–water partition coefficient (Wildman–Crippen LogP) is 3.31. The SMILES string of the molecule is C#CC(C)(CCC1C=CC(=O)c2c1ccc(OC)c2F)C(=O)NC(=O)/C=C\C. The second kappa shape index (κ2) is 8.66. The molecule has 2 unspecified atom stereocenters. The Labute approximate surface area is 163 Å². The molecule has 0 bridgehead atoms. The molecule has 2 amide bonds. The van der Waals surface area contributed by atoms with Gasteiger partial charge in [-0.2, -0.15) is 0 Å². The summed E-state index contributed by atoms with van der Waals surface area (Å²) in [5, 5.41) is 2.25. The Morgan fingerprint density at radius 2 is 2.14 bits per heavy atom. The van der Waals surface area contributed by atoms with E-state index in [0.717, 1.165) is 0 Å². The third-order valence-corrected chi connectivity index (χ3v) is 4.81. The number of fused-ring (bicyclic) bond motifs is 1. The van der Waals surface area contributed by atoms with E-state index < -0.39 is 28.8 Å². The van der Waals surface area contributed by atoms with Gasteiger partial charge < -0.3 is 4.74 Å². The summed E-state index contributed by atoms with van der Waals surface area (Å²) in [7, 11) is 1.33. The zero-order chi connectivity index (χ0) is 20.9. The van der Waals surface area contributed by atoms with E-state index in [1.807, 2.05) is 0 Å². The lowest BCUT2D eigenvalue weighted by Gasteiger charge is -2.26. The zero-order valence-corrected chi connectivity index (χ0v) is 16.0. The van der Waals surface area contributed by atoms with Gasteiger partial charge in [0.2, 0.25) is 11.8 Å². The van der Waals surface area contributed by atoms with Crippen LogP contribution in [0.2, 0.25) is 0 Å². The Morgan fingerprint density at radius 1 is 1.43 bits per heavy atom. The van der Waals surface area contributed by atoms with Gasteiger partial charge in [0.05, 0.1) is 12.7 Å². The van der Waals surface area contributed by atoms with Crippen molar-refractivity contribution in [3.8, 4) is 18.1 Å². The largest absolute Gasteiger partial charge is 0.494 e. The highest BCUT2D eigenvalue weighted by atomic mass is 19.1. The molecule has 2 rings (SSSR count). The first-order valence-corrected chi connectivity index (χ1v) is 8.82. The highest BCUT2D eigenvalue weighted by Gasteiger charge is 2.34. The molecule has 0 heterocycles. The van der Waals surface area contributed by atoms with Gasteiger partial charge in [-0.25, -0.2) is 4.39 Å². The number of nitrogens with one attached hydrogen (secondary N) is 1. The first-order valence-electron chi connectivity index (χ1n) is 8.82. The van der Waals surface area contributed by atoms with E-state index in [4.69, 9.17) is 11.2 Å². The summed E-state index contributed by atoms with van der Waals surface area (Å²) in [4.78, 5) is 36.2. The van der Waals surface area contributed by atoms with Crippen molar-refractivity contribution in [2.75, 3.05) is 7.11 Å². The minimum Gasteiger partial charge on any atom is -0.494 e. The molecule has 1 aliphatic carbocycles. The highest BCUT2D eigenvalue weighted by Crippen LogP contribution is 2.37. The molecule has 0 aromatic heterocycles. The lowest BCUT2D eigenvalue weighted by atomic mass is 9.78. The maximum absolute atomic E-state index is 14.5. The number of carbonyl (C=O) groups excluding carboxylic acids is 3. The second-order valence-corrected chi connectivity index (χ2v) is 6.71. The fourth-order valence-corrected chi connectivity index (χ4v) is 3.07. The second-order valence-electron chi connectivity index (χ2n) is 6.71. The zero-order valence-electron chi connectivity index (χ0n) is 16.0. The summed E-state index contributed by atoms with van der Waals surface area (Å²) in [6.45, 7) is 3.23. The van der Waals surface area contributed by atoms with E-state index in [2.05, 4.69) is 11.2 Å². The van der Waals surface area contributed by atoms with Crippen LogP contribution in [0.3, 0.4) is 0 Å². The van der Waals surface area contributed by atoms with E-state index in [-0.39, 0.29) is 23.7 Å². The Bertz CT molecular complexity index is 910. The number of rotatable bonds is 6. The third-order valence-electron chi connectivity index (χ3n) is 4.81. The lowest BCUT2D eigenvalue weighted by Crippen LogP contribution is -2.41. The Kier molecular flexibility index (Phi) is 6.53. The number of allylic oxidation sites excluding steroid dienone is 3. The molecule has 1 N–H and O–H groups in total. The van der Waals surface area contributed by atoms with Crippen molar-refractivity contribution in [1.82, 2.24) is 5.32 Å². The fourth-order valence-electron chi connectivity index (χ4n) is 3.07. The predicted molar refractivity (Wildman–Crippen MR) is 103 cm³/mol. The van der Waals surface area contributed by atoms with Gasteiger partial charge >= 0.3 is 0 Å². The monoisotopic (exact) mass is 383 g/mol. The molecule has 0 spiro atoms. The summed E-state index contributed by atoms with van der Waals surface area (Å²) in [6.07, 6.45) is 11.9. The number of ether oxygens (including phenoxy) is 1. The molecule has 0 radical (unpaired) electrons. The van der Waals surface area contributed by atoms with Gasteiger partial charge in [0.1, 0.15) is 5.41 Å². The van der Waals surface area contributed by atoms with Crippen LogP contribution in [-0.2, 0) is 9.59 Å². The number of methoxy groups -OCH3 is 1. The van der Waals surface area contributed by atoms with Gasteiger partial charge in [0.25, 0.3) is 0 Å². The molecule has 0 aliphatic heterocycles. The molecule has 5 nitrogen and oxygen atoms in total. The molecule has 0 fully saturated rings. The van der Waals surface area contributed by atoms with E-state index in [1.54, 1.807) is 26.0 Å². The number of hydrogen-bond donors (Lipinski definition) is 1. The summed E-state index contributed by atoms with van der Waals surface area (Å²) in [6, 6.07) is 3.11. The third kappa shape index (κ3) is 4.20. The van der Waals surface area contributed by atoms with Crippen LogP contribution in [-0.4, -0.2) is 24.7 Å². The molecule has 1 aromatic carbocycles. The first kappa shape index (κ1) is 21.1. The normalized spacial score (nSPS) is 17.5. The van der Waals surface area contributed by atoms with Crippen molar-refractivity contribution in [3.05, 3.63) is 53.4 Å². The van der Waals surface area contributed by atoms with Gasteiger partial charge in [0, 0.05) is 5.92 Å². The molecule has 2 atom stereocenters. The maximum atomic E-state index is 14.5. The Hall–Kier alpha value is -3.20. The van der Waals surface area contributed by atoms with Crippen molar-refractivity contribution in [3.63, 3.8) is 0 Å². The van der Waals surface area contributed by atoms with Crippen LogP contribution in [0.5, 0.6) is 5.75 Å². The van der Waals surface area contributed by atoms with Crippen LogP contribution in [0.1, 0.15) is 48.5 Å². The number of carbonyl (C=O) groups is 3. The summed E-state index contributed by atoms with van der Waals surface area (Å²) in [5.74, 6) is -0.0932. The van der Waals surface area contributed by atoms with Crippen molar-refractivity contribution >= 4 is 17.6 Å². The quantitative estimate of drug-likeness (QED) is 0.604. The standard InChI is InChI=1S/C22H22FNO4/c1-5-7-18(26)24-21(27)22(3,6-2)13-12-14-8-10-16(25)19-15(14)9-11-17(28-4)20(19)23/h2,5,7-11,14H,12-13H2,1,3-4H3,(H,24,26,27)/b7-5-. The van der Waals surface area contributed by atoms with Crippen molar-refractivity contribution < 1.29 is 23.5 Å². The molecule has 28 heavy (non-hydrogen) atoms. The Morgan fingerprint density at radius 3 is 2.75 bits per heavy atom. The summed E-state index contributed by atoms with van der Waals surface area (Å²) >= 11 is 0. The smallest absolute Gasteiger partial charge is 0.250 e. The van der Waals surface area contributed by atoms with Gasteiger partial charge in [-0.3, -0.25) is 19.7 Å². The van der Waals surface area contributed by atoms with Crippen LogP contribution in [0.25, 0.3) is 0 Å². The maximum Gasteiger partial charge on any atom is 0.250 e. The molecule has 0 saturated heterocycles. The van der Waals surface area contributed by atoms with Crippen LogP contribution in [0, 0.1) is 23.6 Å². The van der Waals surface area contributed by atoms with Gasteiger partial charge in [-0.05, 0) is 50.5 Å². The minimum absolute atomic E-state index is 0.00326. The number of terminal acetylenes is 1. The van der Waals surface area contributed by atoms with Crippen LogP contribution < -0.4 is 10.1 Å². The molecule has 6 heteroatoms. The van der Waals surface area contributed by atoms with Crippen molar-refractivity contribution in [2.24, 2.45) is 5.41 Å². The van der Waals surface area contributed by atoms with Crippen molar-refractivity contribution in [1.29, 1.82) is 0 Å². The number of halogens is 1. The number of ketones is 1. The van der Waals surface area contributed by atoms with Crippen LogP contribution in [0.4, 0.5) is 4.39 Å². The topological polar surface area (TPSA) is 72.5 Å². The number of benzene rings is 1. The van der Waals surface area contributed by atoms with E-state index in [9.17, 15) is 18.8 Å². The highest BCUT2D eigenvalue weighted by molar-refractivity contribution is 6.07. The van der Waals surface area contributed by atoms with Crippen LogP contribution in [0.15, 0.2) is 36.4 Å². The summed E-state index contributed by atoms with van der Waals surface area (Å²) in [5.41, 5.74) is -0.727. The van der Waals surface area contributed by atoms with Gasteiger partial charge in [-0.15, -0.1) is 6.42 Å². The van der Waals surface area contributed by atoms with Crippen molar-refractivity contribution in [2.45, 2.75) is 32.6 Å². The van der Waals surface area contributed by atoms with E-state index in [0.29, 0.717) is 12.0 Å². The average molecular weight is 383 g/mol. The van der Waals surface area contributed by atoms with E-state index >= 15 is 0 Å². The van der Waals surface area contributed by atoms with Gasteiger partial charge in [0.15, 0.2) is 17.3 Å². The number of imide groups is 1.